The molecule has 0 unspecified atom stereocenters. The number of aromatic nitrogens is 2. The fraction of sp³-hybridized carbons (Fsp3) is 0.429. The predicted octanol–water partition coefficient (Wildman–Crippen LogP) is 2.40. The van der Waals surface area contributed by atoms with Gasteiger partial charge in [0.15, 0.2) is 5.60 Å². The van der Waals surface area contributed by atoms with E-state index in [1.54, 1.807) is 26.8 Å². The van der Waals surface area contributed by atoms with E-state index in [9.17, 15) is 29.0 Å². The summed E-state index contributed by atoms with van der Waals surface area (Å²) in [5.41, 5.74) is 2.24. The first kappa shape index (κ1) is 24.7. The van der Waals surface area contributed by atoms with Crippen molar-refractivity contribution in [2.24, 2.45) is 0 Å². The third-order valence-corrected chi connectivity index (χ3v) is 8.19. The van der Waals surface area contributed by atoms with Crippen LogP contribution in [0.15, 0.2) is 16.9 Å². The number of aliphatic hydroxyl groups is 2. The van der Waals surface area contributed by atoms with Gasteiger partial charge in [0, 0.05) is 22.6 Å². The van der Waals surface area contributed by atoms with Crippen LogP contribution in [0.1, 0.15) is 72.5 Å². The minimum atomic E-state index is -1.95. The summed E-state index contributed by atoms with van der Waals surface area (Å²) in [6.07, 6.45) is 0.224. The Bertz CT molecular complexity index is 1630. The number of carbonyl (C=O) groups is 2. The lowest BCUT2D eigenvalue weighted by Gasteiger charge is -2.31. The third kappa shape index (κ3) is 3.36. The van der Waals surface area contributed by atoms with E-state index in [1.807, 2.05) is 0 Å². The number of nitrogens with zero attached hydrogens (tertiary/aromatic N) is 2. The molecule has 38 heavy (non-hydrogen) atoms. The first-order chi connectivity index (χ1) is 18.0. The van der Waals surface area contributed by atoms with Gasteiger partial charge in [-0.2, -0.15) is 0 Å². The SMILES string of the molecule is CC[C@@]1(O)C(=O)OCc2c1cc1n(c2=O)Cc2c-1nc1cc(F)c(C)c3c1c2[C@@H](NC(=O)C[C@@H](C)O)CC3. The average molecular weight is 522 g/mol. The highest BCUT2D eigenvalue weighted by Crippen LogP contribution is 2.45. The fourth-order valence-corrected chi connectivity index (χ4v) is 6.22. The van der Waals surface area contributed by atoms with E-state index in [2.05, 4.69) is 5.32 Å². The normalized spacial score (nSPS) is 21.9. The summed E-state index contributed by atoms with van der Waals surface area (Å²) in [5, 5.41) is 24.7. The van der Waals surface area contributed by atoms with Crippen molar-refractivity contribution in [2.45, 2.75) is 77.4 Å². The standard InChI is InChI=1S/C28H28FN3O6/c1-4-28(37)17-8-21-25-15(10-32(21)26(35)16(17)11-38-27(28)36)24-19(30-22(34)7-12(2)33)6-5-14-13(3)18(29)9-20(31-25)23(14)24/h8-9,12,19,33,37H,4-7,10-11H2,1-3H3,(H,30,34)/t12-,19+,28+/m1/s1. The Kier molecular flexibility index (Phi) is 5.48. The summed E-state index contributed by atoms with van der Waals surface area (Å²) in [7, 11) is 0. The number of hydrogen-bond donors (Lipinski definition) is 3. The molecule has 4 heterocycles. The zero-order valence-electron chi connectivity index (χ0n) is 21.4. The number of esters is 1. The molecule has 0 bridgehead atoms. The number of benzene rings is 1. The maximum Gasteiger partial charge on any atom is 0.343 e. The van der Waals surface area contributed by atoms with Gasteiger partial charge in [-0.25, -0.2) is 14.2 Å². The molecule has 0 saturated heterocycles. The largest absolute Gasteiger partial charge is 0.458 e. The van der Waals surface area contributed by atoms with E-state index >= 15 is 0 Å². The van der Waals surface area contributed by atoms with Gasteiger partial charge in [-0.15, -0.1) is 0 Å². The van der Waals surface area contributed by atoms with Gasteiger partial charge < -0.3 is 24.8 Å². The summed E-state index contributed by atoms with van der Waals surface area (Å²) in [6.45, 7) is 4.84. The van der Waals surface area contributed by atoms with Crippen molar-refractivity contribution < 1.29 is 28.9 Å². The van der Waals surface area contributed by atoms with Crippen molar-refractivity contribution in [3.05, 3.63) is 61.7 Å². The highest BCUT2D eigenvalue weighted by molar-refractivity contribution is 5.94. The second kappa shape index (κ2) is 8.44. The Morgan fingerprint density at radius 3 is 2.79 bits per heavy atom. The molecule has 10 heteroatoms. The van der Waals surface area contributed by atoms with E-state index in [0.717, 1.165) is 22.1 Å². The molecule has 9 nitrogen and oxygen atoms in total. The van der Waals surface area contributed by atoms with Crippen LogP contribution < -0.4 is 10.9 Å². The Labute approximate surface area is 217 Å². The van der Waals surface area contributed by atoms with Crippen LogP contribution in [0.2, 0.25) is 0 Å². The number of hydrogen-bond acceptors (Lipinski definition) is 7. The number of pyridine rings is 2. The lowest BCUT2D eigenvalue weighted by molar-refractivity contribution is -0.172. The molecule has 198 valence electrons. The van der Waals surface area contributed by atoms with Crippen LogP contribution in [-0.2, 0) is 39.5 Å². The number of cyclic esters (lactones) is 1. The Hall–Kier alpha value is -3.63. The number of amides is 1. The third-order valence-electron chi connectivity index (χ3n) is 8.19. The van der Waals surface area contributed by atoms with Gasteiger partial charge in [0.25, 0.3) is 5.56 Å². The minimum Gasteiger partial charge on any atom is -0.458 e. The molecule has 0 radical (unpaired) electrons. The second-order valence-electron chi connectivity index (χ2n) is 10.5. The summed E-state index contributed by atoms with van der Waals surface area (Å²) < 4.78 is 21.6. The smallest absolute Gasteiger partial charge is 0.343 e. The fourth-order valence-electron chi connectivity index (χ4n) is 6.22. The van der Waals surface area contributed by atoms with Crippen molar-refractivity contribution >= 4 is 22.8 Å². The van der Waals surface area contributed by atoms with Gasteiger partial charge in [0.05, 0.1) is 47.6 Å². The molecule has 3 N–H and O–H groups in total. The van der Waals surface area contributed by atoms with E-state index < -0.39 is 23.7 Å². The highest BCUT2D eigenvalue weighted by atomic mass is 19.1. The Balaban J connectivity index is 1.61. The van der Waals surface area contributed by atoms with Crippen molar-refractivity contribution in [1.29, 1.82) is 0 Å². The highest BCUT2D eigenvalue weighted by Gasteiger charge is 2.46. The zero-order chi connectivity index (χ0) is 27.1. The molecule has 1 aromatic carbocycles. The van der Waals surface area contributed by atoms with Crippen LogP contribution in [-0.4, -0.2) is 37.7 Å². The maximum absolute atomic E-state index is 15.0. The van der Waals surface area contributed by atoms with Gasteiger partial charge in [0.2, 0.25) is 5.91 Å². The molecular formula is C28H28FN3O6. The van der Waals surface area contributed by atoms with Crippen molar-refractivity contribution in [1.82, 2.24) is 14.9 Å². The van der Waals surface area contributed by atoms with Gasteiger partial charge in [-0.1, -0.05) is 6.92 Å². The van der Waals surface area contributed by atoms with Crippen LogP contribution in [0.3, 0.4) is 0 Å². The molecule has 6 rings (SSSR count). The lowest BCUT2D eigenvalue weighted by atomic mass is 9.81. The van der Waals surface area contributed by atoms with Crippen molar-refractivity contribution in [3.8, 4) is 11.4 Å². The Morgan fingerprint density at radius 2 is 2.08 bits per heavy atom. The first-order valence-electron chi connectivity index (χ1n) is 12.8. The van der Waals surface area contributed by atoms with Crippen LogP contribution in [0.25, 0.3) is 22.3 Å². The lowest BCUT2D eigenvalue weighted by Crippen LogP contribution is -2.44. The van der Waals surface area contributed by atoms with Crippen LogP contribution in [0, 0.1) is 12.7 Å². The maximum atomic E-state index is 15.0. The Morgan fingerprint density at radius 1 is 1.32 bits per heavy atom. The molecule has 0 saturated carbocycles. The number of nitrogens with one attached hydrogen (secondary N) is 1. The average Bonchev–Trinajstić information content (AvgIpc) is 3.24. The first-order valence-corrected chi connectivity index (χ1v) is 12.8. The van der Waals surface area contributed by atoms with Gasteiger partial charge >= 0.3 is 5.97 Å². The molecule has 3 aliphatic rings. The molecule has 2 aromatic heterocycles. The number of ether oxygens (including phenoxy) is 1. The summed E-state index contributed by atoms with van der Waals surface area (Å²) in [5.74, 6) is -1.50. The monoisotopic (exact) mass is 521 g/mol. The number of aliphatic hydroxyl groups excluding tert-OH is 1. The summed E-state index contributed by atoms with van der Waals surface area (Å²) >= 11 is 0. The van der Waals surface area contributed by atoms with Crippen LogP contribution in [0.4, 0.5) is 4.39 Å². The molecule has 1 aliphatic carbocycles. The predicted molar refractivity (Wildman–Crippen MR) is 135 cm³/mol. The van der Waals surface area contributed by atoms with Crippen molar-refractivity contribution in [2.75, 3.05) is 0 Å². The van der Waals surface area contributed by atoms with Crippen molar-refractivity contribution in [3.63, 3.8) is 0 Å². The quantitative estimate of drug-likeness (QED) is 0.352. The summed E-state index contributed by atoms with van der Waals surface area (Å²) in [4.78, 5) is 43.6. The topological polar surface area (TPSA) is 131 Å². The minimum absolute atomic E-state index is 0.0240. The second-order valence-corrected chi connectivity index (χ2v) is 10.5. The number of halogens is 1. The van der Waals surface area contributed by atoms with Gasteiger partial charge in [-0.3, -0.25) is 9.59 Å². The van der Waals surface area contributed by atoms with E-state index in [1.165, 1.54) is 10.6 Å². The van der Waals surface area contributed by atoms with Crippen LogP contribution in [0.5, 0.6) is 0 Å². The molecule has 0 fully saturated rings. The van der Waals surface area contributed by atoms with Gasteiger partial charge in [-0.05, 0) is 55.9 Å². The van der Waals surface area contributed by atoms with E-state index in [-0.39, 0.29) is 54.4 Å². The molecule has 3 atom stereocenters. The molecule has 1 amide bonds. The van der Waals surface area contributed by atoms with Gasteiger partial charge in [0.1, 0.15) is 12.4 Å². The number of aryl methyl sites for hydroxylation is 1. The summed E-state index contributed by atoms with van der Waals surface area (Å²) in [6, 6.07) is 2.57. The van der Waals surface area contributed by atoms with E-state index in [0.29, 0.717) is 35.3 Å². The molecule has 3 aromatic rings. The number of rotatable bonds is 4. The molecule has 0 spiro atoms. The molecular weight excluding hydrogens is 493 g/mol. The number of carbonyl (C=O) groups excluding carboxylic acids is 2. The zero-order valence-corrected chi connectivity index (χ0v) is 21.4. The number of fused-ring (bicyclic) bond motifs is 5. The van der Waals surface area contributed by atoms with Crippen LogP contribution >= 0.6 is 0 Å². The molecule has 2 aliphatic heterocycles. The van der Waals surface area contributed by atoms with E-state index in [4.69, 9.17) is 9.72 Å².